The van der Waals surface area contributed by atoms with Crippen molar-refractivity contribution in [1.82, 2.24) is 15.1 Å². The summed E-state index contributed by atoms with van der Waals surface area (Å²) in [6.07, 6.45) is 3.93. The van der Waals surface area contributed by atoms with E-state index in [4.69, 9.17) is 4.74 Å². The summed E-state index contributed by atoms with van der Waals surface area (Å²) in [6, 6.07) is -0.00476. The second kappa shape index (κ2) is 9.88. The van der Waals surface area contributed by atoms with Crippen molar-refractivity contribution in [3.8, 4) is 0 Å². The molecular formula is C24H45N3O3. The van der Waals surface area contributed by atoms with Gasteiger partial charge in [0.05, 0.1) is 12.1 Å². The molecule has 30 heavy (non-hydrogen) atoms. The van der Waals surface area contributed by atoms with E-state index < -0.39 is 0 Å². The zero-order valence-electron chi connectivity index (χ0n) is 20.6. The van der Waals surface area contributed by atoms with Gasteiger partial charge in [0.25, 0.3) is 0 Å². The highest BCUT2D eigenvalue weighted by atomic mass is 16.5. The molecule has 3 atom stereocenters. The van der Waals surface area contributed by atoms with Crippen LogP contribution in [0.1, 0.15) is 81.1 Å². The predicted molar refractivity (Wildman–Crippen MR) is 121 cm³/mol. The fourth-order valence-corrected chi connectivity index (χ4v) is 5.21. The zero-order chi connectivity index (χ0) is 22.7. The molecule has 0 aliphatic carbocycles. The van der Waals surface area contributed by atoms with E-state index in [0.29, 0.717) is 24.9 Å². The summed E-state index contributed by atoms with van der Waals surface area (Å²) in [7, 11) is 0. The highest BCUT2D eigenvalue weighted by molar-refractivity contribution is 5.79. The van der Waals surface area contributed by atoms with Crippen LogP contribution in [0, 0.1) is 17.3 Å². The summed E-state index contributed by atoms with van der Waals surface area (Å²) < 4.78 is 5.68. The van der Waals surface area contributed by atoms with Crippen LogP contribution < -0.4 is 5.32 Å². The minimum Gasteiger partial charge on any atom is -0.366 e. The van der Waals surface area contributed by atoms with E-state index in [1.165, 1.54) is 0 Å². The Balaban J connectivity index is 2.19. The summed E-state index contributed by atoms with van der Waals surface area (Å²) in [5, 5.41) is 3.02. The Labute approximate surface area is 184 Å². The number of fused-ring (bicyclic) bond motifs is 1. The molecule has 2 fully saturated rings. The highest BCUT2D eigenvalue weighted by Gasteiger charge is 2.42. The van der Waals surface area contributed by atoms with Crippen LogP contribution in [-0.2, 0) is 9.53 Å². The lowest BCUT2D eigenvalue weighted by Crippen LogP contribution is -2.64. The molecule has 0 aromatic rings. The maximum absolute atomic E-state index is 13.8. The van der Waals surface area contributed by atoms with Crippen molar-refractivity contribution in [2.24, 2.45) is 17.3 Å². The largest absolute Gasteiger partial charge is 0.366 e. The van der Waals surface area contributed by atoms with Crippen molar-refractivity contribution in [3.05, 3.63) is 0 Å². The summed E-state index contributed by atoms with van der Waals surface area (Å²) in [4.78, 5) is 29.6. The van der Waals surface area contributed by atoms with Gasteiger partial charge < -0.3 is 19.9 Å². The maximum Gasteiger partial charge on any atom is 0.320 e. The highest BCUT2D eigenvalue weighted by Crippen LogP contribution is 2.36. The molecule has 2 aliphatic heterocycles. The molecule has 2 heterocycles. The molecule has 6 heteroatoms. The lowest BCUT2D eigenvalue weighted by molar-refractivity contribution is -0.139. The summed E-state index contributed by atoms with van der Waals surface area (Å²) >= 11 is 0. The molecule has 0 bridgehead atoms. The van der Waals surface area contributed by atoms with Crippen LogP contribution in [0.25, 0.3) is 0 Å². The van der Waals surface area contributed by atoms with Crippen molar-refractivity contribution in [1.29, 1.82) is 0 Å². The van der Waals surface area contributed by atoms with Gasteiger partial charge in [-0.05, 0) is 50.4 Å². The maximum atomic E-state index is 13.8. The fraction of sp³-hybridized carbons (Fsp3) is 0.917. The quantitative estimate of drug-likeness (QED) is 0.634. The third kappa shape index (κ3) is 6.60. The lowest BCUT2D eigenvalue weighted by atomic mass is 9.77. The Bertz CT molecular complexity index is 603. The SMILES string of the molecule is CCC(C)(C)CC(C)(C)N(CC(C)CC(C)C)C(=O)N1CCC2OCC(=O)NC2C1. The smallest absolute Gasteiger partial charge is 0.320 e. The van der Waals surface area contributed by atoms with Crippen molar-refractivity contribution in [2.45, 2.75) is 98.8 Å². The molecule has 174 valence electrons. The molecule has 3 unspecified atom stereocenters. The molecule has 2 aliphatic rings. The number of carbonyl (C=O) groups is 2. The minimum atomic E-state index is -0.245. The Morgan fingerprint density at radius 3 is 2.53 bits per heavy atom. The molecule has 0 aromatic heterocycles. The number of likely N-dealkylation sites (tertiary alicyclic amines) is 1. The van der Waals surface area contributed by atoms with Gasteiger partial charge in [0, 0.05) is 25.2 Å². The zero-order valence-corrected chi connectivity index (χ0v) is 20.6. The first kappa shape index (κ1) is 25.0. The van der Waals surface area contributed by atoms with Gasteiger partial charge >= 0.3 is 6.03 Å². The number of ether oxygens (including phenoxy) is 1. The summed E-state index contributed by atoms with van der Waals surface area (Å²) in [6.45, 7) is 20.0. The van der Waals surface area contributed by atoms with E-state index in [1.54, 1.807) is 0 Å². The molecular weight excluding hydrogens is 378 g/mol. The van der Waals surface area contributed by atoms with Crippen LogP contribution in [0.3, 0.4) is 0 Å². The number of morpholine rings is 1. The van der Waals surface area contributed by atoms with E-state index in [-0.39, 0.29) is 41.6 Å². The van der Waals surface area contributed by atoms with Gasteiger partial charge in [0.2, 0.25) is 5.91 Å². The molecule has 0 aromatic carbocycles. The Morgan fingerprint density at radius 2 is 1.93 bits per heavy atom. The number of carbonyl (C=O) groups excluding carboxylic acids is 2. The third-order valence-electron chi connectivity index (χ3n) is 6.79. The van der Waals surface area contributed by atoms with Gasteiger partial charge in [-0.15, -0.1) is 0 Å². The molecule has 6 nitrogen and oxygen atoms in total. The first-order chi connectivity index (χ1) is 13.8. The molecule has 0 spiro atoms. The van der Waals surface area contributed by atoms with Gasteiger partial charge in [-0.3, -0.25) is 4.79 Å². The Morgan fingerprint density at radius 1 is 1.27 bits per heavy atom. The van der Waals surface area contributed by atoms with Crippen LogP contribution in [0.15, 0.2) is 0 Å². The van der Waals surface area contributed by atoms with E-state index in [2.05, 4.69) is 65.6 Å². The monoisotopic (exact) mass is 423 g/mol. The Kier molecular flexibility index (Phi) is 8.22. The number of hydrogen-bond acceptors (Lipinski definition) is 3. The average molecular weight is 424 g/mol. The lowest BCUT2D eigenvalue weighted by Gasteiger charge is -2.48. The predicted octanol–water partition coefficient (Wildman–Crippen LogP) is 4.28. The molecule has 0 saturated carbocycles. The van der Waals surface area contributed by atoms with E-state index in [1.807, 2.05) is 4.90 Å². The van der Waals surface area contributed by atoms with E-state index in [9.17, 15) is 9.59 Å². The summed E-state index contributed by atoms with van der Waals surface area (Å²) in [5.74, 6) is 0.962. The van der Waals surface area contributed by atoms with Gasteiger partial charge in [-0.2, -0.15) is 0 Å². The standard InChI is InChI=1S/C24H45N3O3/c1-9-23(5,6)16-24(7,8)27(13-18(4)12-17(2)3)22(29)26-11-10-20-19(14-26)25-21(28)15-30-20/h17-20H,9-16H2,1-8H3,(H,25,28). The van der Waals surface area contributed by atoms with Crippen molar-refractivity contribution in [2.75, 3.05) is 26.2 Å². The average Bonchev–Trinajstić information content (AvgIpc) is 2.63. The number of urea groups is 1. The number of amides is 3. The number of nitrogens with one attached hydrogen (secondary N) is 1. The number of rotatable bonds is 8. The number of piperidine rings is 1. The van der Waals surface area contributed by atoms with Gasteiger partial charge in [-0.25, -0.2) is 4.79 Å². The molecule has 2 saturated heterocycles. The van der Waals surface area contributed by atoms with E-state index in [0.717, 1.165) is 32.2 Å². The minimum absolute atomic E-state index is 0.0205. The molecule has 0 radical (unpaired) electrons. The van der Waals surface area contributed by atoms with Crippen LogP contribution in [0.2, 0.25) is 0 Å². The third-order valence-corrected chi connectivity index (χ3v) is 6.79. The fourth-order valence-electron chi connectivity index (χ4n) is 5.21. The first-order valence-corrected chi connectivity index (χ1v) is 11.8. The van der Waals surface area contributed by atoms with Crippen LogP contribution in [0.4, 0.5) is 4.79 Å². The van der Waals surface area contributed by atoms with Gasteiger partial charge in [0.15, 0.2) is 0 Å². The van der Waals surface area contributed by atoms with Crippen molar-refractivity contribution < 1.29 is 14.3 Å². The van der Waals surface area contributed by atoms with E-state index >= 15 is 0 Å². The topological polar surface area (TPSA) is 61.9 Å². The number of nitrogens with zero attached hydrogens (tertiary/aromatic N) is 2. The molecule has 2 rings (SSSR count). The Hall–Kier alpha value is -1.30. The van der Waals surface area contributed by atoms with Gasteiger partial charge in [0.1, 0.15) is 6.61 Å². The normalized spacial score (nSPS) is 23.8. The van der Waals surface area contributed by atoms with Crippen molar-refractivity contribution >= 4 is 11.9 Å². The van der Waals surface area contributed by atoms with Crippen molar-refractivity contribution in [3.63, 3.8) is 0 Å². The van der Waals surface area contributed by atoms with Crippen LogP contribution in [0.5, 0.6) is 0 Å². The first-order valence-electron chi connectivity index (χ1n) is 11.8. The van der Waals surface area contributed by atoms with Crippen LogP contribution in [-0.4, -0.2) is 65.7 Å². The molecule has 1 N–H and O–H groups in total. The number of hydrogen-bond donors (Lipinski definition) is 1. The van der Waals surface area contributed by atoms with Gasteiger partial charge in [-0.1, -0.05) is 48.0 Å². The second-order valence-corrected chi connectivity index (χ2v) is 11.4. The van der Waals surface area contributed by atoms with Crippen LogP contribution >= 0.6 is 0 Å². The second-order valence-electron chi connectivity index (χ2n) is 11.4. The molecule has 3 amide bonds. The summed E-state index contributed by atoms with van der Waals surface area (Å²) in [5.41, 5.74) is -0.0769.